The summed E-state index contributed by atoms with van der Waals surface area (Å²) in [6.45, 7) is 0. The number of nitriles is 1. The third-order valence-electron chi connectivity index (χ3n) is 3.97. The average Bonchev–Trinajstić information content (AvgIpc) is 2.73. The van der Waals surface area contributed by atoms with Crippen molar-refractivity contribution in [2.24, 2.45) is 0 Å². The number of rotatable bonds is 7. The van der Waals surface area contributed by atoms with Gasteiger partial charge in [-0.2, -0.15) is 5.26 Å². The Kier molecular flexibility index (Phi) is 6.67. The Morgan fingerprint density at radius 1 is 0.889 bits per heavy atom. The molecular weight excluding hydrogens is 354 g/mol. The topological polar surface area (TPSA) is 50.1 Å². The number of ether oxygens (including phenoxy) is 1. The molecule has 0 bridgehead atoms. The van der Waals surface area contributed by atoms with Crippen molar-refractivity contribution in [3.63, 3.8) is 0 Å². The van der Waals surface area contributed by atoms with Crippen molar-refractivity contribution in [1.82, 2.24) is 0 Å². The van der Waals surface area contributed by atoms with Gasteiger partial charge in [0.2, 0.25) is 0 Å². The van der Waals surface area contributed by atoms with Crippen LogP contribution in [0.4, 0.5) is 0 Å². The van der Waals surface area contributed by atoms with E-state index in [1.807, 2.05) is 42.5 Å². The van der Waals surface area contributed by atoms with Crippen LogP contribution in [0, 0.1) is 11.3 Å². The van der Waals surface area contributed by atoms with Crippen LogP contribution in [0.15, 0.2) is 83.8 Å². The minimum Gasteiger partial charge on any atom is -0.427 e. The second-order valence-electron chi connectivity index (χ2n) is 5.95. The smallest absolute Gasteiger partial charge is 0.311 e. The van der Waals surface area contributed by atoms with Crippen LogP contribution in [-0.2, 0) is 4.79 Å². The van der Waals surface area contributed by atoms with Gasteiger partial charge < -0.3 is 4.74 Å². The second kappa shape index (κ2) is 9.61. The molecule has 0 unspecified atom stereocenters. The van der Waals surface area contributed by atoms with E-state index in [1.54, 1.807) is 36.0 Å². The highest BCUT2D eigenvalue weighted by atomic mass is 32.2. The highest BCUT2D eigenvalue weighted by Gasteiger charge is 2.06. The molecule has 3 aromatic rings. The van der Waals surface area contributed by atoms with Crippen molar-refractivity contribution in [3.8, 4) is 22.9 Å². The molecule has 4 heteroatoms. The fourth-order valence-corrected chi connectivity index (χ4v) is 3.43. The molecule has 0 heterocycles. The first-order chi connectivity index (χ1) is 13.2. The number of nitrogens with zero attached hydrogens (tertiary/aromatic N) is 1. The van der Waals surface area contributed by atoms with Crippen LogP contribution in [0.1, 0.15) is 18.4 Å². The Morgan fingerprint density at radius 3 is 2.15 bits per heavy atom. The van der Waals surface area contributed by atoms with Crippen LogP contribution >= 0.6 is 11.8 Å². The number of benzene rings is 3. The molecule has 0 spiro atoms. The molecule has 0 aliphatic carbocycles. The molecule has 0 aliphatic heterocycles. The lowest BCUT2D eigenvalue weighted by atomic mass is 10.0. The Labute approximate surface area is 163 Å². The number of thioether (sulfide) groups is 1. The highest BCUT2D eigenvalue weighted by Crippen LogP contribution is 2.23. The lowest BCUT2D eigenvalue weighted by Crippen LogP contribution is -2.07. The summed E-state index contributed by atoms with van der Waals surface area (Å²) in [5, 5.41) is 8.85. The van der Waals surface area contributed by atoms with E-state index < -0.39 is 0 Å². The molecule has 0 fully saturated rings. The SMILES string of the molecule is N#Cc1ccc(-c2ccc(OC(=O)CCCSc3ccccc3)cc2)cc1. The van der Waals surface area contributed by atoms with E-state index >= 15 is 0 Å². The summed E-state index contributed by atoms with van der Waals surface area (Å²) in [6, 6.07) is 27.1. The molecule has 134 valence electrons. The highest BCUT2D eigenvalue weighted by molar-refractivity contribution is 7.99. The molecule has 0 N–H and O–H groups in total. The van der Waals surface area contributed by atoms with E-state index in [9.17, 15) is 4.79 Å². The van der Waals surface area contributed by atoms with E-state index in [0.29, 0.717) is 17.7 Å². The predicted octanol–water partition coefficient (Wildman–Crippen LogP) is 5.70. The van der Waals surface area contributed by atoms with Gasteiger partial charge in [-0.05, 0) is 59.7 Å². The number of carbonyl (C=O) groups excluding carboxylic acids is 1. The van der Waals surface area contributed by atoms with Gasteiger partial charge in [-0.25, -0.2) is 0 Å². The minimum atomic E-state index is -0.213. The molecule has 0 atom stereocenters. The van der Waals surface area contributed by atoms with Crippen molar-refractivity contribution < 1.29 is 9.53 Å². The van der Waals surface area contributed by atoms with Crippen molar-refractivity contribution in [2.75, 3.05) is 5.75 Å². The van der Waals surface area contributed by atoms with Gasteiger partial charge in [0, 0.05) is 11.3 Å². The monoisotopic (exact) mass is 373 g/mol. The zero-order valence-corrected chi connectivity index (χ0v) is 15.6. The fraction of sp³-hybridized carbons (Fsp3) is 0.130. The molecule has 0 saturated carbocycles. The van der Waals surface area contributed by atoms with Gasteiger partial charge in [-0.15, -0.1) is 11.8 Å². The minimum absolute atomic E-state index is 0.213. The maximum atomic E-state index is 12.0. The molecule has 0 radical (unpaired) electrons. The van der Waals surface area contributed by atoms with Crippen LogP contribution in [0.3, 0.4) is 0 Å². The lowest BCUT2D eigenvalue weighted by molar-refractivity contribution is -0.134. The third kappa shape index (κ3) is 5.73. The van der Waals surface area contributed by atoms with E-state index in [0.717, 1.165) is 23.3 Å². The standard InChI is InChI=1S/C23H19NO2S/c24-17-18-8-10-19(11-9-18)20-12-14-21(15-13-20)26-23(25)7-4-16-27-22-5-2-1-3-6-22/h1-3,5-6,8-15H,4,7,16H2. The first-order valence-corrected chi connectivity index (χ1v) is 9.72. The van der Waals surface area contributed by atoms with Crippen molar-refractivity contribution in [3.05, 3.63) is 84.4 Å². The third-order valence-corrected chi connectivity index (χ3v) is 5.07. The second-order valence-corrected chi connectivity index (χ2v) is 7.12. The van der Waals surface area contributed by atoms with Gasteiger partial charge in [0.05, 0.1) is 11.6 Å². The largest absolute Gasteiger partial charge is 0.427 e. The van der Waals surface area contributed by atoms with Crippen molar-refractivity contribution in [1.29, 1.82) is 5.26 Å². The number of carbonyl (C=O) groups is 1. The maximum absolute atomic E-state index is 12.0. The molecule has 0 aromatic heterocycles. The van der Waals surface area contributed by atoms with E-state index in [-0.39, 0.29) is 5.97 Å². The van der Waals surface area contributed by atoms with Gasteiger partial charge in [0.25, 0.3) is 0 Å². The summed E-state index contributed by atoms with van der Waals surface area (Å²) in [5.74, 6) is 1.22. The average molecular weight is 373 g/mol. The number of hydrogen-bond acceptors (Lipinski definition) is 4. The van der Waals surface area contributed by atoms with Crippen LogP contribution in [-0.4, -0.2) is 11.7 Å². The van der Waals surface area contributed by atoms with Gasteiger partial charge in [0.15, 0.2) is 0 Å². The maximum Gasteiger partial charge on any atom is 0.311 e. The summed E-state index contributed by atoms with van der Waals surface area (Å²) in [6.07, 6.45) is 1.18. The summed E-state index contributed by atoms with van der Waals surface area (Å²) in [5.41, 5.74) is 2.66. The van der Waals surface area contributed by atoms with Gasteiger partial charge in [0.1, 0.15) is 5.75 Å². The van der Waals surface area contributed by atoms with E-state index in [1.165, 1.54) is 4.90 Å². The molecule has 0 amide bonds. The predicted molar refractivity (Wildman–Crippen MR) is 109 cm³/mol. The summed E-state index contributed by atoms with van der Waals surface area (Å²) in [4.78, 5) is 13.2. The van der Waals surface area contributed by atoms with Gasteiger partial charge >= 0.3 is 5.97 Å². The molecule has 27 heavy (non-hydrogen) atoms. The summed E-state index contributed by atoms with van der Waals surface area (Å²) >= 11 is 1.74. The Bertz CT molecular complexity index is 913. The number of esters is 1. The fourth-order valence-electron chi connectivity index (χ4n) is 2.56. The Morgan fingerprint density at radius 2 is 1.52 bits per heavy atom. The molecule has 3 nitrogen and oxygen atoms in total. The molecule has 3 aromatic carbocycles. The Hall–Kier alpha value is -3.03. The quantitative estimate of drug-likeness (QED) is 0.231. The lowest BCUT2D eigenvalue weighted by Gasteiger charge is -2.06. The molecule has 0 saturated heterocycles. The van der Waals surface area contributed by atoms with Gasteiger partial charge in [-0.3, -0.25) is 4.79 Å². The molecular formula is C23H19NO2S. The molecule has 0 aliphatic rings. The molecule has 3 rings (SSSR count). The van der Waals surface area contributed by atoms with Crippen LogP contribution in [0.2, 0.25) is 0 Å². The Balaban J connectivity index is 1.46. The first kappa shape index (κ1) is 18.8. The van der Waals surface area contributed by atoms with E-state index in [2.05, 4.69) is 18.2 Å². The summed E-state index contributed by atoms with van der Waals surface area (Å²) in [7, 11) is 0. The van der Waals surface area contributed by atoms with Gasteiger partial charge in [-0.1, -0.05) is 42.5 Å². The van der Waals surface area contributed by atoms with Crippen LogP contribution < -0.4 is 4.74 Å². The number of hydrogen-bond donors (Lipinski definition) is 0. The van der Waals surface area contributed by atoms with Crippen LogP contribution in [0.5, 0.6) is 5.75 Å². The zero-order valence-electron chi connectivity index (χ0n) is 14.8. The van der Waals surface area contributed by atoms with Crippen LogP contribution in [0.25, 0.3) is 11.1 Å². The zero-order chi connectivity index (χ0) is 18.9. The summed E-state index contributed by atoms with van der Waals surface area (Å²) < 4.78 is 5.40. The van der Waals surface area contributed by atoms with Crippen molar-refractivity contribution in [2.45, 2.75) is 17.7 Å². The normalized spacial score (nSPS) is 10.2. The van der Waals surface area contributed by atoms with Crippen molar-refractivity contribution >= 4 is 17.7 Å². The van der Waals surface area contributed by atoms with E-state index in [4.69, 9.17) is 10.00 Å². The first-order valence-electron chi connectivity index (χ1n) is 8.74.